The lowest BCUT2D eigenvalue weighted by molar-refractivity contribution is -0.164. The first-order chi connectivity index (χ1) is 6.91. The summed E-state index contributed by atoms with van der Waals surface area (Å²) in [5.41, 5.74) is 0. The minimum atomic E-state index is -1.15. The number of hydrogen-bond donors (Lipinski definition) is 0. The molecule has 0 spiro atoms. The van der Waals surface area contributed by atoms with Gasteiger partial charge in [-0.05, 0) is 13.8 Å². The molecule has 0 aromatic carbocycles. The summed E-state index contributed by atoms with van der Waals surface area (Å²) in [5.74, 6) is -3.90. The molecule has 0 aromatic rings. The van der Waals surface area contributed by atoms with E-state index in [0.29, 0.717) is 0 Å². The lowest BCUT2D eigenvalue weighted by Gasteiger charge is -2.18. The molecule has 0 aliphatic carbocycles. The first kappa shape index (κ1) is 10.3. The molecule has 0 radical (unpaired) electrons. The average molecular weight is 214 g/mol. The fourth-order valence-corrected chi connectivity index (χ4v) is 1.56. The molecule has 0 aromatic heterocycles. The largest absolute Gasteiger partial charge is 0.445 e. The van der Waals surface area contributed by atoms with Crippen LogP contribution in [0.5, 0.6) is 0 Å². The molecule has 15 heavy (non-hydrogen) atoms. The summed E-state index contributed by atoms with van der Waals surface area (Å²) in [6.07, 6.45) is -1.84. The molecule has 0 saturated carbocycles. The maximum Gasteiger partial charge on any atom is 0.383 e. The number of esters is 1. The van der Waals surface area contributed by atoms with E-state index in [0.717, 1.165) is 0 Å². The van der Waals surface area contributed by atoms with Gasteiger partial charge in [0.1, 0.15) is 6.10 Å². The van der Waals surface area contributed by atoms with E-state index in [4.69, 9.17) is 9.47 Å². The van der Waals surface area contributed by atoms with Crippen molar-refractivity contribution >= 4 is 17.5 Å². The predicted octanol–water partition coefficient (Wildman–Crippen LogP) is -0.799. The predicted molar refractivity (Wildman–Crippen MR) is 44.8 cm³/mol. The Labute approximate surface area is 85.5 Å². The van der Waals surface area contributed by atoms with Crippen LogP contribution in [0.3, 0.4) is 0 Å². The van der Waals surface area contributed by atoms with Crippen LogP contribution < -0.4 is 0 Å². The van der Waals surface area contributed by atoms with Gasteiger partial charge in [-0.1, -0.05) is 0 Å². The SMILES string of the molecule is CC1(C)OC[C@@H]([C@H]2OC(=O)C(=O)C2=O)O1. The molecule has 2 fully saturated rings. The molecule has 0 N–H and O–H groups in total. The fraction of sp³-hybridized carbons (Fsp3) is 0.667. The number of ether oxygens (including phenoxy) is 3. The lowest BCUT2D eigenvalue weighted by Crippen LogP contribution is -2.36. The van der Waals surface area contributed by atoms with Gasteiger partial charge in [-0.3, -0.25) is 9.59 Å². The number of rotatable bonds is 1. The van der Waals surface area contributed by atoms with Crippen LogP contribution >= 0.6 is 0 Å². The van der Waals surface area contributed by atoms with Crippen molar-refractivity contribution in [1.29, 1.82) is 0 Å². The van der Waals surface area contributed by atoms with Gasteiger partial charge in [0, 0.05) is 0 Å². The van der Waals surface area contributed by atoms with Crippen molar-refractivity contribution in [1.82, 2.24) is 0 Å². The molecule has 82 valence electrons. The van der Waals surface area contributed by atoms with Crippen LogP contribution in [0.4, 0.5) is 0 Å². The minimum absolute atomic E-state index is 0.129. The number of carbonyl (C=O) groups excluding carboxylic acids is 3. The normalized spacial score (nSPS) is 34.7. The van der Waals surface area contributed by atoms with Crippen molar-refractivity contribution in [2.45, 2.75) is 31.8 Å². The molecule has 0 amide bonds. The van der Waals surface area contributed by atoms with E-state index in [1.807, 2.05) is 0 Å². The summed E-state index contributed by atoms with van der Waals surface area (Å²) in [6.45, 7) is 3.48. The standard InChI is InChI=1S/C9H10O6/c1-9(2)13-3-4(15-9)7-5(10)6(11)8(12)14-7/h4,7H,3H2,1-2H3/t4-,7+/m0/s1. The monoisotopic (exact) mass is 214 g/mol. The van der Waals surface area contributed by atoms with E-state index in [2.05, 4.69) is 4.74 Å². The molecule has 0 bridgehead atoms. The third-order valence-corrected chi connectivity index (χ3v) is 2.27. The number of Topliss-reactive ketones (excluding diaryl/α,β-unsaturated/α-hetero) is 2. The first-order valence-corrected chi connectivity index (χ1v) is 4.52. The second kappa shape index (κ2) is 3.11. The zero-order chi connectivity index (χ0) is 11.2. The average Bonchev–Trinajstić information content (AvgIpc) is 2.62. The molecule has 2 saturated heterocycles. The molecular weight excluding hydrogens is 204 g/mol. The maximum atomic E-state index is 11.3. The van der Waals surface area contributed by atoms with E-state index in [1.54, 1.807) is 13.8 Å². The summed E-state index contributed by atoms with van der Waals surface area (Å²) in [4.78, 5) is 33.0. The second-order valence-corrected chi connectivity index (χ2v) is 3.89. The van der Waals surface area contributed by atoms with Gasteiger partial charge in [0.25, 0.3) is 5.78 Å². The van der Waals surface area contributed by atoms with Crippen molar-refractivity contribution in [3.8, 4) is 0 Å². The zero-order valence-corrected chi connectivity index (χ0v) is 8.31. The van der Waals surface area contributed by atoms with Crippen LogP contribution in [0.1, 0.15) is 13.8 Å². The summed E-state index contributed by atoms with van der Waals surface area (Å²) in [7, 11) is 0. The van der Waals surface area contributed by atoms with Gasteiger partial charge >= 0.3 is 11.8 Å². The molecule has 0 unspecified atom stereocenters. The van der Waals surface area contributed by atoms with E-state index in [9.17, 15) is 14.4 Å². The highest BCUT2D eigenvalue weighted by molar-refractivity contribution is 6.65. The van der Waals surface area contributed by atoms with Crippen LogP contribution in [-0.2, 0) is 28.6 Å². The Morgan fingerprint density at radius 1 is 1.27 bits per heavy atom. The highest BCUT2D eigenvalue weighted by Crippen LogP contribution is 2.27. The number of ketones is 2. The summed E-state index contributed by atoms with van der Waals surface area (Å²) >= 11 is 0. The van der Waals surface area contributed by atoms with Gasteiger partial charge in [-0.15, -0.1) is 0 Å². The Balaban J connectivity index is 2.11. The Bertz CT molecular complexity index is 345. The Morgan fingerprint density at radius 2 is 1.93 bits per heavy atom. The summed E-state index contributed by atoms with van der Waals surface area (Å²) in [6, 6.07) is 0. The van der Waals surface area contributed by atoms with Crippen LogP contribution in [0.25, 0.3) is 0 Å². The molecule has 2 atom stereocenters. The van der Waals surface area contributed by atoms with Gasteiger partial charge < -0.3 is 14.2 Å². The first-order valence-electron chi connectivity index (χ1n) is 4.52. The quantitative estimate of drug-likeness (QED) is 0.420. The molecule has 2 aliphatic heterocycles. The third-order valence-electron chi connectivity index (χ3n) is 2.27. The van der Waals surface area contributed by atoms with Crippen LogP contribution in [0.15, 0.2) is 0 Å². The smallest absolute Gasteiger partial charge is 0.383 e. The lowest BCUT2D eigenvalue weighted by atomic mass is 10.1. The van der Waals surface area contributed by atoms with Crippen molar-refractivity contribution in [3.63, 3.8) is 0 Å². The number of hydrogen-bond acceptors (Lipinski definition) is 6. The molecular formula is C9H10O6. The van der Waals surface area contributed by atoms with Crippen LogP contribution in [-0.4, -0.2) is 42.1 Å². The summed E-state index contributed by atoms with van der Waals surface area (Å²) in [5, 5.41) is 0. The van der Waals surface area contributed by atoms with Gasteiger partial charge in [0.15, 0.2) is 11.9 Å². The third kappa shape index (κ3) is 1.66. The Kier molecular flexibility index (Phi) is 2.13. The molecule has 6 nitrogen and oxygen atoms in total. The van der Waals surface area contributed by atoms with Gasteiger partial charge in [-0.25, -0.2) is 4.79 Å². The molecule has 2 aliphatic rings. The highest BCUT2D eigenvalue weighted by Gasteiger charge is 2.50. The molecule has 2 rings (SSSR count). The van der Waals surface area contributed by atoms with Crippen LogP contribution in [0.2, 0.25) is 0 Å². The zero-order valence-electron chi connectivity index (χ0n) is 8.31. The van der Waals surface area contributed by atoms with Gasteiger partial charge in [-0.2, -0.15) is 0 Å². The topological polar surface area (TPSA) is 78.9 Å². The number of carbonyl (C=O) groups is 3. The van der Waals surface area contributed by atoms with Crippen molar-refractivity contribution in [2.75, 3.05) is 6.61 Å². The highest BCUT2D eigenvalue weighted by atomic mass is 16.8. The second-order valence-electron chi connectivity index (χ2n) is 3.89. The summed E-state index contributed by atoms with van der Waals surface area (Å²) < 4.78 is 15.2. The Morgan fingerprint density at radius 3 is 2.33 bits per heavy atom. The van der Waals surface area contributed by atoms with Gasteiger partial charge in [0.05, 0.1) is 6.61 Å². The maximum absolute atomic E-state index is 11.3. The van der Waals surface area contributed by atoms with Crippen molar-refractivity contribution in [3.05, 3.63) is 0 Å². The van der Waals surface area contributed by atoms with E-state index in [-0.39, 0.29) is 6.61 Å². The van der Waals surface area contributed by atoms with Gasteiger partial charge in [0.2, 0.25) is 0 Å². The fourth-order valence-electron chi connectivity index (χ4n) is 1.56. The molecule has 6 heteroatoms. The Hall–Kier alpha value is -1.27. The van der Waals surface area contributed by atoms with E-state index in [1.165, 1.54) is 0 Å². The number of cyclic esters (lactones) is 1. The van der Waals surface area contributed by atoms with E-state index < -0.39 is 35.5 Å². The van der Waals surface area contributed by atoms with Crippen LogP contribution in [0, 0.1) is 0 Å². The van der Waals surface area contributed by atoms with E-state index >= 15 is 0 Å². The van der Waals surface area contributed by atoms with Crippen molar-refractivity contribution < 1.29 is 28.6 Å². The van der Waals surface area contributed by atoms with Crippen molar-refractivity contribution in [2.24, 2.45) is 0 Å². The minimum Gasteiger partial charge on any atom is -0.445 e. The molecule has 2 heterocycles.